The van der Waals surface area contributed by atoms with Crippen LogP contribution in [0.25, 0.3) is 0 Å². The normalized spacial score (nSPS) is 15.9. The molecule has 144 valence electrons. The number of nitrogens with zero attached hydrogens (tertiary/aromatic N) is 2. The largest absolute Gasteiger partial charge is 0.469 e. The molecule has 8 heteroatoms. The number of methoxy groups -OCH3 is 1. The van der Waals surface area contributed by atoms with Crippen molar-refractivity contribution in [2.24, 2.45) is 5.92 Å². The van der Waals surface area contributed by atoms with Crippen LogP contribution in [0.4, 0.5) is 0 Å². The van der Waals surface area contributed by atoms with Gasteiger partial charge in [-0.2, -0.15) is 4.31 Å². The van der Waals surface area contributed by atoms with E-state index in [2.05, 4.69) is 0 Å². The molecule has 0 N–H and O–H groups in total. The predicted octanol–water partition coefficient (Wildman–Crippen LogP) is 1.17. The molecular weight excluding hydrogens is 356 g/mol. The van der Waals surface area contributed by atoms with Crippen LogP contribution in [0.2, 0.25) is 0 Å². The summed E-state index contributed by atoms with van der Waals surface area (Å²) >= 11 is 0. The highest BCUT2D eigenvalue weighted by Gasteiger charge is 2.30. The number of sulfonamides is 1. The van der Waals surface area contributed by atoms with E-state index in [1.165, 1.54) is 11.4 Å². The predicted molar refractivity (Wildman–Crippen MR) is 97.8 cm³/mol. The van der Waals surface area contributed by atoms with Crippen LogP contribution in [-0.4, -0.2) is 62.5 Å². The molecular formula is C18H26N2O5S. The van der Waals surface area contributed by atoms with Crippen molar-refractivity contribution >= 4 is 21.9 Å². The minimum Gasteiger partial charge on any atom is -0.469 e. The van der Waals surface area contributed by atoms with Gasteiger partial charge in [-0.3, -0.25) is 9.59 Å². The Morgan fingerprint density at radius 3 is 2.27 bits per heavy atom. The third kappa shape index (κ3) is 5.54. The molecule has 0 unspecified atom stereocenters. The molecule has 7 nitrogen and oxygen atoms in total. The molecule has 1 aliphatic rings. The third-order valence-corrected chi connectivity index (χ3v) is 5.84. The molecule has 0 aliphatic carbocycles. The SMILES string of the molecule is COC(=O)C1CCN(C(=O)CN(Cc2ccc(C)cc2)S(C)(=O)=O)CC1. The molecule has 1 saturated heterocycles. The Morgan fingerprint density at radius 2 is 1.77 bits per heavy atom. The summed E-state index contributed by atoms with van der Waals surface area (Å²) in [5.74, 6) is -0.692. The Kier molecular flexibility index (Phi) is 6.77. The van der Waals surface area contributed by atoms with Crippen LogP contribution in [0.3, 0.4) is 0 Å². The standard InChI is InChI=1S/C18H26N2O5S/c1-14-4-6-15(7-5-14)12-20(26(3,23)24)13-17(21)19-10-8-16(9-11-19)18(22)25-2/h4-7,16H,8-13H2,1-3H3. The Balaban J connectivity index is 1.99. The molecule has 1 fully saturated rings. The smallest absolute Gasteiger partial charge is 0.308 e. The molecule has 2 rings (SSSR count). The third-order valence-electron chi connectivity index (χ3n) is 4.64. The number of hydrogen-bond donors (Lipinski definition) is 0. The van der Waals surface area contributed by atoms with Gasteiger partial charge in [0.1, 0.15) is 0 Å². The summed E-state index contributed by atoms with van der Waals surface area (Å²) in [6.45, 7) is 2.78. The van der Waals surface area contributed by atoms with E-state index in [1.807, 2.05) is 31.2 Å². The first-order chi connectivity index (χ1) is 12.2. The van der Waals surface area contributed by atoms with Gasteiger partial charge in [0, 0.05) is 19.6 Å². The van der Waals surface area contributed by atoms with E-state index in [4.69, 9.17) is 4.74 Å². The van der Waals surface area contributed by atoms with Gasteiger partial charge in [0.25, 0.3) is 0 Å². The zero-order chi connectivity index (χ0) is 19.3. The fourth-order valence-corrected chi connectivity index (χ4v) is 3.70. The van der Waals surface area contributed by atoms with Gasteiger partial charge >= 0.3 is 5.97 Å². The first-order valence-corrected chi connectivity index (χ1v) is 10.4. The van der Waals surface area contributed by atoms with Crippen LogP contribution in [0.5, 0.6) is 0 Å². The number of hydrogen-bond acceptors (Lipinski definition) is 5. The number of esters is 1. The van der Waals surface area contributed by atoms with Gasteiger partial charge in [0.05, 0.1) is 25.8 Å². The topological polar surface area (TPSA) is 84.0 Å². The zero-order valence-corrected chi connectivity index (χ0v) is 16.3. The Morgan fingerprint density at radius 1 is 1.19 bits per heavy atom. The molecule has 0 aromatic heterocycles. The Labute approximate surface area is 155 Å². The summed E-state index contributed by atoms with van der Waals surface area (Å²) in [5.41, 5.74) is 1.92. The van der Waals surface area contributed by atoms with E-state index in [1.54, 1.807) is 4.90 Å². The number of ether oxygens (including phenoxy) is 1. The van der Waals surface area contributed by atoms with Crippen molar-refractivity contribution in [1.82, 2.24) is 9.21 Å². The van der Waals surface area contributed by atoms with E-state index >= 15 is 0 Å². The van der Waals surface area contributed by atoms with Gasteiger partial charge in [-0.05, 0) is 25.3 Å². The summed E-state index contributed by atoms with van der Waals surface area (Å²) < 4.78 is 30.1. The zero-order valence-electron chi connectivity index (χ0n) is 15.5. The molecule has 0 spiro atoms. The second kappa shape index (κ2) is 8.64. The fourth-order valence-electron chi connectivity index (χ4n) is 2.97. The number of piperidine rings is 1. The minimum absolute atomic E-state index is 0.156. The van der Waals surface area contributed by atoms with Crippen LogP contribution >= 0.6 is 0 Å². The summed E-state index contributed by atoms with van der Waals surface area (Å²) in [6, 6.07) is 7.55. The van der Waals surface area contributed by atoms with Crippen molar-refractivity contribution in [2.45, 2.75) is 26.3 Å². The number of carbonyl (C=O) groups excluding carboxylic acids is 2. The van der Waals surface area contributed by atoms with Crippen molar-refractivity contribution < 1.29 is 22.7 Å². The number of aryl methyl sites for hydroxylation is 1. The lowest BCUT2D eigenvalue weighted by atomic mass is 9.97. The van der Waals surface area contributed by atoms with Crippen molar-refractivity contribution in [3.63, 3.8) is 0 Å². The summed E-state index contributed by atoms with van der Waals surface area (Å²) in [6.07, 6.45) is 2.18. The Bertz CT molecular complexity index is 737. The van der Waals surface area contributed by atoms with Crippen molar-refractivity contribution in [3.8, 4) is 0 Å². The molecule has 0 radical (unpaired) electrons. The van der Waals surface area contributed by atoms with Crippen LogP contribution in [-0.2, 0) is 30.9 Å². The lowest BCUT2D eigenvalue weighted by Gasteiger charge is -2.32. The summed E-state index contributed by atoms with van der Waals surface area (Å²) in [5, 5.41) is 0. The molecule has 1 heterocycles. The minimum atomic E-state index is -3.52. The van der Waals surface area contributed by atoms with Gasteiger partial charge < -0.3 is 9.64 Å². The second-order valence-corrected chi connectivity index (χ2v) is 8.68. The summed E-state index contributed by atoms with van der Waals surface area (Å²) in [7, 11) is -2.17. The molecule has 1 aliphatic heterocycles. The van der Waals surface area contributed by atoms with E-state index in [0.29, 0.717) is 25.9 Å². The maximum Gasteiger partial charge on any atom is 0.308 e. The molecule has 26 heavy (non-hydrogen) atoms. The van der Waals surface area contributed by atoms with E-state index in [-0.39, 0.29) is 30.9 Å². The van der Waals surface area contributed by atoms with Gasteiger partial charge in [0.15, 0.2) is 0 Å². The summed E-state index contributed by atoms with van der Waals surface area (Å²) in [4.78, 5) is 25.7. The molecule has 0 atom stereocenters. The molecule has 1 aromatic carbocycles. The van der Waals surface area contributed by atoms with Crippen molar-refractivity contribution in [3.05, 3.63) is 35.4 Å². The van der Waals surface area contributed by atoms with Gasteiger partial charge in [-0.1, -0.05) is 29.8 Å². The lowest BCUT2D eigenvalue weighted by molar-refractivity contribution is -0.148. The molecule has 1 aromatic rings. The monoisotopic (exact) mass is 382 g/mol. The van der Waals surface area contributed by atoms with E-state index in [0.717, 1.165) is 17.4 Å². The molecule has 0 saturated carbocycles. The van der Waals surface area contributed by atoms with Crippen molar-refractivity contribution in [1.29, 1.82) is 0 Å². The average Bonchev–Trinajstić information content (AvgIpc) is 2.61. The fraction of sp³-hybridized carbons (Fsp3) is 0.556. The van der Waals surface area contributed by atoms with Gasteiger partial charge in [-0.25, -0.2) is 8.42 Å². The average molecular weight is 382 g/mol. The van der Waals surface area contributed by atoms with E-state index in [9.17, 15) is 18.0 Å². The highest BCUT2D eigenvalue weighted by atomic mass is 32.2. The van der Waals surface area contributed by atoms with Crippen LogP contribution in [0.1, 0.15) is 24.0 Å². The maximum absolute atomic E-state index is 12.5. The second-order valence-electron chi connectivity index (χ2n) is 6.69. The van der Waals surface area contributed by atoms with Crippen LogP contribution < -0.4 is 0 Å². The van der Waals surface area contributed by atoms with Gasteiger partial charge in [0.2, 0.25) is 15.9 Å². The first kappa shape index (κ1) is 20.4. The first-order valence-electron chi connectivity index (χ1n) is 8.57. The molecule has 1 amide bonds. The number of benzene rings is 1. The highest BCUT2D eigenvalue weighted by molar-refractivity contribution is 7.88. The molecule has 0 bridgehead atoms. The number of rotatable bonds is 6. The highest BCUT2D eigenvalue weighted by Crippen LogP contribution is 2.19. The maximum atomic E-state index is 12.5. The number of amides is 1. The lowest BCUT2D eigenvalue weighted by Crippen LogP contribution is -2.46. The van der Waals surface area contributed by atoms with Crippen molar-refractivity contribution in [2.75, 3.05) is 33.0 Å². The van der Waals surface area contributed by atoms with Crippen LogP contribution in [0, 0.1) is 12.8 Å². The quantitative estimate of drug-likeness (QED) is 0.690. The van der Waals surface area contributed by atoms with Crippen LogP contribution in [0.15, 0.2) is 24.3 Å². The Hall–Kier alpha value is -1.93. The van der Waals surface area contributed by atoms with Gasteiger partial charge in [-0.15, -0.1) is 0 Å². The number of carbonyl (C=O) groups is 2. The van der Waals surface area contributed by atoms with E-state index < -0.39 is 10.0 Å². The number of likely N-dealkylation sites (tertiary alicyclic amines) is 1.